The molecule has 3 rings (SSSR count). The first-order valence-electron chi connectivity index (χ1n) is 9.28. The van der Waals surface area contributed by atoms with Crippen LogP contribution < -0.4 is 10.1 Å². The van der Waals surface area contributed by atoms with E-state index in [2.05, 4.69) is 5.32 Å². The molecule has 1 N–H and O–H groups in total. The maximum atomic E-state index is 12.6. The number of morpholine rings is 1. The van der Waals surface area contributed by atoms with E-state index < -0.39 is 10.0 Å². The van der Waals surface area contributed by atoms with E-state index in [1.807, 2.05) is 18.2 Å². The predicted molar refractivity (Wildman–Crippen MR) is 110 cm³/mol. The van der Waals surface area contributed by atoms with Crippen molar-refractivity contribution >= 4 is 27.5 Å². The zero-order valence-corrected chi connectivity index (χ0v) is 17.4. The van der Waals surface area contributed by atoms with Crippen LogP contribution >= 0.6 is 11.6 Å². The third-order valence-corrected chi connectivity index (χ3v) is 6.71. The summed E-state index contributed by atoms with van der Waals surface area (Å²) in [4.78, 5) is 12.2. The van der Waals surface area contributed by atoms with Crippen molar-refractivity contribution in [2.24, 2.45) is 0 Å². The Morgan fingerprint density at radius 1 is 1.10 bits per heavy atom. The molecule has 1 heterocycles. The molecule has 156 valence electrons. The van der Waals surface area contributed by atoms with Crippen molar-refractivity contribution in [2.45, 2.75) is 11.3 Å². The van der Waals surface area contributed by atoms with Gasteiger partial charge in [-0.25, -0.2) is 8.42 Å². The van der Waals surface area contributed by atoms with E-state index in [1.54, 1.807) is 18.2 Å². The number of halogens is 1. The number of sulfonamides is 1. The van der Waals surface area contributed by atoms with Crippen molar-refractivity contribution in [3.05, 3.63) is 59.1 Å². The van der Waals surface area contributed by atoms with Crippen molar-refractivity contribution in [3.8, 4) is 5.75 Å². The molecule has 0 aliphatic carbocycles. The maximum Gasteiger partial charge on any atom is 0.243 e. The highest BCUT2D eigenvalue weighted by Gasteiger charge is 2.26. The summed E-state index contributed by atoms with van der Waals surface area (Å²) in [6, 6.07) is 13.5. The number of carbonyl (C=O) groups excluding carboxylic acids is 1. The number of nitrogens with zero attached hydrogens (tertiary/aromatic N) is 1. The van der Waals surface area contributed by atoms with E-state index >= 15 is 0 Å². The quantitative estimate of drug-likeness (QED) is 0.638. The first-order valence-corrected chi connectivity index (χ1v) is 11.1. The lowest BCUT2D eigenvalue weighted by Crippen LogP contribution is -2.40. The van der Waals surface area contributed by atoms with Crippen LogP contribution in [0.2, 0.25) is 5.02 Å². The van der Waals surface area contributed by atoms with Crippen LogP contribution in [0.4, 0.5) is 0 Å². The zero-order chi connectivity index (χ0) is 20.7. The average Bonchev–Trinajstić information content (AvgIpc) is 2.74. The molecule has 0 saturated carbocycles. The molecule has 9 heteroatoms. The molecule has 7 nitrogen and oxygen atoms in total. The highest BCUT2D eigenvalue weighted by Crippen LogP contribution is 2.20. The third kappa shape index (κ3) is 5.93. The third-order valence-electron chi connectivity index (χ3n) is 4.43. The lowest BCUT2D eigenvalue weighted by molar-refractivity contribution is -0.120. The summed E-state index contributed by atoms with van der Waals surface area (Å²) in [5.74, 6) is 0.389. The van der Waals surface area contributed by atoms with Gasteiger partial charge in [0.2, 0.25) is 15.9 Å². The first kappa shape index (κ1) is 21.6. The van der Waals surface area contributed by atoms with Crippen LogP contribution in [0.25, 0.3) is 0 Å². The number of amides is 1. The Bertz CT molecular complexity index is 928. The SMILES string of the molecule is O=C(Cc1ccccc1Cl)NCCOc1ccc(S(=O)(=O)N2CCOCC2)cc1. The van der Waals surface area contributed by atoms with Gasteiger partial charge >= 0.3 is 0 Å². The van der Waals surface area contributed by atoms with E-state index in [4.69, 9.17) is 21.1 Å². The van der Waals surface area contributed by atoms with Gasteiger partial charge in [-0.15, -0.1) is 0 Å². The fourth-order valence-corrected chi connectivity index (χ4v) is 4.49. The molecule has 1 amide bonds. The highest BCUT2D eigenvalue weighted by atomic mass is 35.5. The summed E-state index contributed by atoms with van der Waals surface area (Å²) in [7, 11) is -3.52. The molecule has 0 spiro atoms. The number of benzene rings is 2. The van der Waals surface area contributed by atoms with Crippen LogP contribution in [-0.2, 0) is 26.0 Å². The Labute approximate surface area is 175 Å². The molecular weight excluding hydrogens is 416 g/mol. The lowest BCUT2D eigenvalue weighted by Gasteiger charge is -2.26. The molecule has 0 unspecified atom stereocenters. The normalized spacial score (nSPS) is 15.1. The summed E-state index contributed by atoms with van der Waals surface area (Å²) in [6.07, 6.45) is 0.202. The van der Waals surface area contributed by atoms with Crippen LogP contribution in [0.15, 0.2) is 53.4 Å². The Balaban J connectivity index is 1.44. The molecule has 0 bridgehead atoms. The monoisotopic (exact) mass is 438 g/mol. The molecule has 0 aromatic heterocycles. The minimum Gasteiger partial charge on any atom is -0.492 e. The number of nitrogens with one attached hydrogen (secondary N) is 1. The van der Waals surface area contributed by atoms with Crippen LogP contribution in [-0.4, -0.2) is 58.1 Å². The molecule has 0 atom stereocenters. The number of carbonyl (C=O) groups is 1. The minimum absolute atomic E-state index is 0.145. The summed E-state index contributed by atoms with van der Waals surface area (Å²) < 4.78 is 37.4. The zero-order valence-electron chi connectivity index (χ0n) is 15.8. The first-order chi connectivity index (χ1) is 14.0. The lowest BCUT2D eigenvalue weighted by atomic mass is 10.1. The molecule has 29 heavy (non-hydrogen) atoms. The van der Waals surface area contributed by atoms with Crippen LogP contribution in [0.5, 0.6) is 5.75 Å². The summed E-state index contributed by atoms with van der Waals surface area (Å²) in [5.41, 5.74) is 0.768. The van der Waals surface area contributed by atoms with Gasteiger partial charge in [-0.05, 0) is 35.9 Å². The Kier molecular flexibility index (Phi) is 7.49. The van der Waals surface area contributed by atoms with Gasteiger partial charge in [0, 0.05) is 18.1 Å². The van der Waals surface area contributed by atoms with E-state index in [1.165, 1.54) is 16.4 Å². The summed E-state index contributed by atoms with van der Waals surface area (Å²) in [6.45, 7) is 2.12. The Morgan fingerprint density at radius 3 is 2.48 bits per heavy atom. The maximum absolute atomic E-state index is 12.6. The second-order valence-electron chi connectivity index (χ2n) is 6.45. The molecule has 2 aromatic carbocycles. The molecule has 2 aromatic rings. The molecule has 0 radical (unpaired) electrons. The van der Waals surface area contributed by atoms with Gasteiger partial charge in [0.1, 0.15) is 12.4 Å². The molecule has 1 aliphatic rings. The molecule has 1 aliphatic heterocycles. The fourth-order valence-electron chi connectivity index (χ4n) is 2.88. The second kappa shape index (κ2) is 10.1. The number of ether oxygens (including phenoxy) is 2. The Hall–Kier alpha value is -2.13. The van der Waals surface area contributed by atoms with Crippen LogP contribution in [0.3, 0.4) is 0 Å². The van der Waals surface area contributed by atoms with E-state index in [9.17, 15) is 13.2 Å². The fraction of sp³-hybridized carbons (Fsp3) is 0.350. The van der Waals surface area contributed by atoms with E-state index in [-0.39, 0.29) is 23.8 Å². The van der Waals surface area contributed by atoms with Gasteiger partial charge in [-0.2, -0.15) is 4.31 Å². The van der Waals surface area contributed by atoms with E-state index in [0.717, 1.165) is 5.56 Å². The standard InChI is InChI=1S/C20H23ClN2O5S/c21-19-4-2-1-3-16(19)15-20(24)22-9-12-28-17-5-7-18(8-6-17)29(25,26)23-10-13-27-14-11-23/h1-8H,9-15H2,(H,22,24). The predicted octanol–water partition coefficient (Wildman–Crippen LogP) is 2.10. The average molecular weight is 439 g/mol. The second-order valence-corrected chi connectivity index (χ2v) is 8.80. The van der Waals surface area contributed by atoms with Crippen molar-refractivity contribution in [1.82, 2.24) is 9.62 Å². The van der Waals surface area contributed by atoms with Crippen molar-refractivity contribution in [1.29, 1.82) is 0 Å². The number of hydrogen-bond donors (Lipinski definition) is 1. The largest absolute Gasteiger partial charge is 0.492 e. The van der Waals surface area contributed by atoms with Gasteiger partial charge in [-0.3, -0.25) is 4.79 Å². The number of rotatable bonds is 8. The molecule has 1 saturated heterocycles. The van der Waals surface area contributed by atoms with Gasteiger partial charge in [-0.1, -0.05) is 29.8 Å². The van der Waals surface area contributed by atoms with E-state index in [0.29, 0.717) is 43.6 Å². The van der Waals surface area contributed by atoms with Gasteiger partial charge in [0.15, 0.2) is 0 Å². The smallest absolute Gasteiger partial charge is 0.243 e. The van der Waals surface area contributed by atoms with Crippen LogP contribution in [0, 0.1) is 0 Å². The summed E-state index contributed by atoms with van der Waals surface area (Å²) in [5, 5.41) is 3.33. The number of hydrogen-bond acceptors (Lipinski definition) is 5. The van der Waals surface area contributed by atoms with Crippen molar-refractivity contribution in [2.75, 3.05) is 39.5 Å². The topological polar surface area (TPSA) is 84.9 Å². The Morgan fingerprint density at radius 2 is 1.79 bits per heavy atom. The minimum atomic E-state index is -3.52. The van der Waals surface area contributed by atoms with Crippen LogP contribution in [0.1, 0.15) is 5.56 Å². The molecular formula is C20H23ClN2O5S. The van der Waals surface area contributed by atoms with Crippen molar-refractivity contribution in [3.63, 3.8) is 0 Å². The van der Waals surface area contributed by atoms with Gasteiger partial charge in [0.05, 0.1) is 31.1 Å². The van der Waals surface area contributed by atoms with Gasteiger partial charge in [0.25, 0.3) is 0 Å². The van der Waals surface area contributed by atoms with Gasteiger partial charge < -0.3 is 14.8 Å². The van der Waals surface area contributed by atoms with Crippen molar-refractivity contribution < 1.29 is 22.7 Å². The highest BCUT2D eigenvalue weighted by molar-refractivity contribution is 7.89. The molecule has 1 fully saturated rings. The summed E-state index contributed by atoms with van der Waals surface area (Å²) >= 11 is 6.05.